The van der Waals surface area contributed by atoms with Crippen molar-refractivity contribution in [2.45, 2.75) is 272 Å². The van der Waals surface area contributed by atoms with Gasteiger partial charge in [0.25, 0.3) is 0 Å². The molecule has 0 unspecified atom stereocenters. The number of methoxy groups -OCH3 is 2. The molecule has 4 aliphatic carbocycles. The third-order valence-electron chi connectivity index (χ3n) is 20.8. The molecule has 11 N–H and O–H groups in total. The zero-order valence-corrected chi connectivity index (χ0v) is 49.1. The number of allylic oxidation sites excluding steroid dienone is 2. The minimum atomic E-state index is -1.84. The Bertz CT molecular complexity index is 2220. The van der Waals surface area contributed by atoms with Crippen LogP contribution in [0.15, 0.2) is 23.3 Å². The highest BCUT2D eigenvalue weighted by molar-refractivity contribution is 5.87. The van der Waals surface area contributed by atoms with Crippen LogP contribution in [0, 0.1) is 28.6 Å². The molecule has 5 aliphatic heterocycles. The monoisotopic (exact) mass is 1190 g/mol. The lowest BCUT2D eigenvalue weighted by Crippen LogP contribution is -2.63. The molecule has 5 heterocycles. The molecule has 0 spiro atoms. The highest BCUT2D eigenvalue weighted by atomic mass is 16.8. The summed E-state index contributed by atoms with van der Waals surface area (Å²) in [4.78, 5) is 12.6. The quantitative estimate of drug-likeness (QED) is 0.0467. The summed E-state index contributed by atoms with van der Waals surface area (Å²) in [6.07, 6.45) is -18.5. The van der Waals surface area contributed by atoms with Gasteiger partial charge in [0, 0.05) is 38.0 Å². The van der Waals surface area contributed by atoms with Crippen molar-refractivity contribution >= 4 is 5.97 Å². The summed E-state index contributed by atoms with van der Waals surface area (Å²) in [5.41, 5.74) is 0.0323. The number of fused-ring (bicyclic) bond motifs is 5. The van der Waals surface area contributed by atoms with Crippen molar-refractivity contribution in [3.63, 3.8) is 0 Å². The van der Waals surface area contributed by atoms with Crippen LogP contribution in [0.4, 0.5) is 0 Å². The highest BCUT2D eigenvalue weighted by Gasteiger charge is 2.67. The first-order valence-corrected chi connectivity index (χ1v) is 29.8. The topological polar surface area (TPSA) is 360 Å². The molecule has 0 bridgehead atoms. The fraction of sp³-hybridized carbons (Fsp3) is 0.914. The zero-order valence-electron chi connectivity index (χ0n) is 49.1. The number of carbonyl (C=O) groups excluding carboxylic acids is 1. The van der Waals surface area contributed by atoms with Gasteiger partial charge in [0.1, 0.15) is 85.5 Å². The van der Waals surface area contributed by atoms with E-state index in [1.807, 2.05) is 20.8 Å². The van der Waals surface area contributed by atoms with Gasteiger partial charge in [0.05, 0.1) is 55.9 Å². The molecule has 0 aromatic rings. The third kappa shape index (κ3) is 12.7. The Morgan fingerprint density at radius 1 is 0.675 bits per heavy atom. The summed E-state index contributed by atoms with van der Waals surface area (Å²) < 4.78 is 78.5. The van der Waals surface area contributed by atoms with Gasteiger partial charge < -0.3 is 118 Å². The van der Waals surface area contributed by atoms with E-state index in [4.69, 9.17) is 61.6 Å². The van der Waals surface area contributed by atoms with E-state index >= 15 is 0 Å². The molecular formula is C58H94O25. The van der Waals surface area contributed by atoms with E-state index < -0.39 is 178 Å². The van der Waals surface area contributed by atoms with Crippen molar-refractivity contribution < 1.29 is 123 Å². The van der Waals surface area contributed by atoms with E-state index in [1.54, 1.807) is 34.1 Å². The number of hydrogen-bond acceptors (Lipinski definition) is 25. The predicted octanol–water partition coefficient (Wildman–Crippen LogP) is -0.518. The maximum absolute atomic E-state index is 13.1. The number of aliphatic hydroxyl groups excluding tert-OH is 10. The van der Waals surface area contributed by atoms with Crippen molar-refractivity contribution in [2.75, 3.05) is 34.0 Å². The normalized spacial score (nSPS) is 50.8. The Balaban J connectivity index is 0.774. The summed E-state index contributed by atoms with van der Waals surface area (Å²) in [5, 5.41) is 119. The first kappa shape index (κ1) is 65.5. The van der Waals surface area contributed by atoms with Crippen LogP contribution in [-0.2, 0) is 66.4 Å². The zero-order chi connectivity index (χ0) is 60.2. The summed E-state index contributed by atoms with van der Waals surface area (Å²) in [5.74, 6) is -0.434. The van der Waals surface area contributed by atoms with E-state index in [2.05, 4.69) is 19.9 Å². The van der Waals surface area contributed by atoms with E-state index in [1.165, 1.54) is 5.57 Å². The minimum absolute atomic E-state index is 0.0314. The second-order valence-corrected chi connectivity index (χ2v) is 25.4. The van der Waals surface area contributed by atoms with Gasteiger partial charge in [0.15, 0.2) is 37.6 Å². The van der Waals surface area contributed by atoms with E-state index in [0.717, 1.165) is 25.7 Å². The largest absolute Gasteiger partial charge is 0.453 e. The van der Waals surface area contributed by atoms with Gasteiger partial charge in [0.2, 0.25) is 0 Å². The Morgan fingerprint density at radius 3 is 1.78 bits per heavy atom. The lowest BCUT2D eigenvalue weighted by molar-refractivity contribution is -0.346. The van der Waals surface area contributed by atoms with Gasteiger partial charge in [-0.25, -0.2) is 4.79 Å². The summed E-state index contributed by atoms with van der Waals surface area (Å²) in [6, 6.07) is 0. The van der Waals surface area contributed by atoms with Gasteiger partial charge in [-0.15, -0.1) is 0 Å². The molecule has 83 heavy (non-hydrogen) atoms. The number of hydrogen-bond donors (Lipinski definition) is 11. The van der Waals surface area contributed by atoms with Gasteiger partial charge in [-0.1, -0.05) is 31.6 Å². The van der Waals surface area contributed by atoms with Crippen molar-refractivity contribution in [1.29, 1.82) is 0 Å². The van der Waals surface area contributed by atoms with Crippen LogP contribution in [-0.4, -0.2) is 255 Å². The fourth-order valence-corrected chi connectivity index (χ4v) is 15.5. The fourth-order valence-electron chi connectivity index (χ4n) is 15.5. The molecule has 5 saturated heterocycles. The van der Waals surface area contributed by atoms with Crippen LogP contribution in [0.2, 0.25) is 0 Å². The van der Waals surface area contributed by atoms with Crippen LogP contribution in [0.5, 0.6) is 0 Å². The number of ether oxygens (including phenoxy) is 13. The average molecular weight is 1190 g/mol. The number of carbonyl (C=O) groups is 1. The SMILES string of the molecule is C/C=C(\C)C(=O)O[C@@H]1[C@@H](C)O[C@@H](O[C@H]2[C@@H](OC)C[C@H](O[C@H]3CC[C@@]4(C)C(=CC[C@@H]5[C@@H]4CC[C@]4(C)[C@@H]([C@H](C)O[C@@H]6O[C@H](CO[C@@H]7O[C@H](CO[C@@H]8O[C@H](CO)[C@@H](O)[C@H](O)[C@H]8O)[C@@H](O)[C@H](O)[C@H]7O)[C@@H](O)[C@H](O)[C@H]6O)CC[C@]54O)C3)O[C@@H]2C)C[C@H]1OC. The van der Waals surface area contributed by atoms with Gasteiger partial charge >= 0.3 is 5.97 Å². The van der Waals surface area contributed by atoms with Crippen LogP contribution >= 0.6 is 0 Å². The number of rotatable bonds is 18. The maximum Gasteiger partial charge on any atom is 0.333 e. The van der Waals surface area contributed by atoms with Crippen LogP contribution < -0.4 is 0 Å². The van der Waals surface area contributed by atoms with E-state index in [-0.39, 0.29) is 35.4 Å². The van der Waals surface area contributed by atoms with E-state index in [0.29, 0.717) is 44.1 Å². The molecule has 0 aromatic carbocycles. The molecule has 9 rings (SSSR count). The minimum Gasteiger partial charge on any atom is -0.453 e. The van der Waals surface area contributed by atoms with Crippen molar-refractivity contribution in [3.8, 4) is 0 Å². The maximum atomic E-state index is 13.1. The first-order valence-electron chi connectivity index (χ1n) is 29.8. The lowest BCUT2D eigenvalue weighted by Gasteiger charge is -2.61. The lowest BCUT2D eigenvalue weighted by atomic mass is 9.45. The third-order valence-corrected chi connectivity index (χ3v) is 20.8. The van der Waals surface area contributed by atoms with Gasteiger partial charge in [-0.3, -0.25) is 0 Å². The van der Waals surface area contributed by atoms with Crippen LogP contribution in [0.1, 0.15) is 113 Å². The second kappa shape index (κ2) is 26.6. The summed E-state index contributed by atoms with van der Waals surface area (Å²) in [6.45, 7) is 11.7. The van der Waals surface area contributed by atoms with Gasteiger partial charge in [-0.05, 0) is 109 Å². The molecule has 8 fully saturated rings. The number of aliphatic hydroxyl groups is 11. The van der Waals surface area contributed by atoms with Crippen molar-refractivity contribution in [2.24, 2.45) is 28.6 Å². The molecular weight excluding hydrogens is 1100 g/mol. The molecule has 476 valence electrons. The Morgan fingerprint density at radius 2 is 1.20 bits per heavy atom. The van der Waals surface area contributed by atoms with E-state index in [9.17, 15) is 61.0 Å². The number of esters is 1. The van der Waals surface area contributed by atoms with Crippen LogP contribution in [0.3, 0.4) is 0 Å². The molecule has 0 aromatic heterocycles. The molecule has 9 aliphatic rings. The Labute approximate surface area is 484 Å². The predicted molar refractivity (Wildman–Crippen MR) is 285 cm³/mol. The highest BCUT2D eigenvalue weighted by Crippen LogP contribution is 2.68. The first-order chi connectivity index (χ1) is 39.3. The molecule has 0 radical (unpaired) electrons. The second-order valence-electron chi connectivity index (χ2n) is 25.4. The Kier molecular flexibility index (Phi) is 21.0. The summed E-state index contributed by atoms with van der Waals surface area (Å²) >= 11 is 0. The van der Waals surface area contributed by atoms with Crippen molar-refractivity contribution in [3.05, 3.63) is 23.3 Å². The van der Waals surface area contributed by atoms with Crippen molar-refractivity contribution in [1.82, 2.24) is 0 Å². The molecule has 31 atom stereocenters. The smallest absolute Gasteiger partial charge is 0.333 e. The molecule has 0 amide bonds. The van der Waals surface area contributed by atoms with Crippen LogP contribution in [0.25, 0.3) is 0 Å². The molecule has 3 saturated carbocycles. The standard InChI is InChI=1S/C58H94O25/c1-10-25(2)52(69)83-51-28(5)76-40(21-35(51)72-9)82-50-27(4)75-39(20-34(50)71-8)78-30-13-16-56(6)29(19-30)11-12-33-32(56)14-17-57(7)31(15-18-58(33,57)70)26(3)77-55-49(68)46(65)43(62)38(81-55)24-74-54-48(67)45(64)42(61)37(80-54)23-73-53-47(66)44(63)41(60)36(22-59)79-53/h10-11,26-28,30-51,53-55,59-68,70H,12-24H2,1-9H3/b25-10+/t26-,27+,28+,30-,31+,32-,33+,34-,35+,36+,37+,38+,39-,40-,41+,42+,43+,44-,45-,46-,47+,48+,49+,50+,51+,53+,54+,55+,56-,57+,58-/m0/s1. The van der Waals surface area contributed by atoms with Gasteiger partial charge in [-0.2, -0.15) is 0 Å². The average Bonchev–Trinajstić information content (AvgIpc) is 2.90. The Hall–Kier alpha value is -1.97. The molecule has 25 nitrogen and oxygen atoms in total. The molecule has 25 heteroatoms. The summed E-state index contributed by atoms with van der Waals surface area (Å²) in [7, 11) is 3.23.